The molecule has 1 fully saturated rings. The summed E-state index contributed by atoms with van der Waals surface area (Å²) in [5.74, 6) is 0. The maximum atomic E-state index is 5.51. The fourth-order valence-corrected chi connectivity index (χ4v) is 2.15. The van der Waals surface area contributed by atoms with Gasteiger partial charge < -0.3 is 14.8 Å². The van der Waals surface area contributed by atoms with Crippen LogP contribution < -0.4 is 5.32 Å². The van der Waals surface area contributed by atoms with Crippen LogP contribution in [0.2, 0.25) is 0 Å². The van der Waals surface area contributed by atoms with Crippen LogP contribution in [0.1, 0.15) is 17.4 Å². The normalized spacial score (nSPS) is 15.6. The van der Waals surface area contributed by atoms with Crippen molar-refractivity contribution in [2.45, 2.75) is 12.8 Å². The van der Waals surface area contributed by atoms with Crippen LogP contribution >= 0.6 is 0 Å². The summed E-state index contributed by atoms with van der Waals surface area (Å²) < 4.78 is 11.0. The summed E-state index contributed by atoms with van der Waals surface area (Å²) in [5, 5.41) is 3.41. The molecule has 1 N–H and O–H groups in total. The number of nitrogens with one attached hydrogen (secondary N) is 1. The molecular weight excluding hydrogens is 238 g/mol. The van der Waals surface area contributed by atoms with E-state index in [9.17, 15) is 0 Å². The molecule has 1 saturated heterocycles. The Bertz CT molecular complexity index is 521. The van der Waals surface area contributed by atoms with E-state index in [-0.39, 0.29) is 6.29 Å². The van der Waals surface area contributed by atoms with Crippen molar-refractivity contribution in [1.29, 1.82) is 0 Å². The monoisotopic (exact) mass is 255 g/mol. The minimum Gasteiger partial charge on any atom is -0.381 e. The molecule has 2 aromatic carbocycles. The van der Waals surface area contributed by atoms with Gasteiger partial charge in [0.25, 0.3) is 0 Å². The Kier molecular flexibility index (Phi) is 3.77. The molecule has 0 bridgehead atoms. The zero-order valence-electron chi connectivity index (χ0n) is 10.7. The van der Waals surface area contributed by atoms with E-state index in [1.54, 1.807) is 0 Å². The lowest BCUT2D eigenvalue weighted by Crippen LogP contribution is -2.02. The van der Waals surface area contributed by atoms with Crippen molar-refractivity contribution >= 4 is 5.69 Å². The topological polar surface area (TPSA) is 30.5 Å². The average Bonchev–Trinajstić information content (AvgIpc) is 3.01. The zero-order chi connectivity index (χ0) is 12.9. The van der Waals surface area contributed by atoms with Gasteiger partial charge >= 0.3 is 0 Å². The lowest BCUT2D eigenvalue weighted by molar-refractivity contribution is -0.0440. The maximum Gasteiger partial charge on any atom is 0.184 e. The third-order valence-corrected chi connectivity index (χ3v) is 3.12. The number of ether oxygens (including phenoxy) is 2. The number of hydrogen-bond acceptors (Lipinski definition) is 3. The smallest absolute Gasteiger partial charge is 0.184 e. The van der Waals surface area contributed by atoms with Crippen molar-refractivity contribution in [3.8, 4) is 0 Å². The van der Waals surface area contributed by atoms with Gasteiger partial charge in [-0.25, -0.2) is 0 Å². The van der Waals surface area contributed by atoms with Crippen molar-refractivity contribution in [2.75, 3.05) is 18.5 Å². The second-order valence-corrected chi connectivity index (χ2v) is 4.54. The molecule has 0 radical (unpaired) electrons. The fourth-order valence-electron chi connectivity index (χ4n) is 2.15. The summed E-state index contributed by atoms with van der Waals surface area (Å²) in [4.78, 5) is 0. The molecule has 0 unspecified atom stereocenters. The Morgan fingerprint density at radius 3 is 2.53 bits per heavy atom. The van der Waals surface area contributed by atoms with Crippen LogP contribution in [-0.2, 0) is 16.0 Å². The summed E-state index contributed by atoms with van der Waals surface area (Å²) in [5.41, 5.74) is 3.41. The number of hydrogen-bond donors (Lipinski definition) is 1. The van der Waals surface area contributed by atoms with Gasteiger partial charge in [0.05, 0.1) is 13.2 Å². The van der Waals surface area contributed by atoms with Gasteiger partial charge in [-0.3, -0.25) is 0 Å². The molecule has 0 spiro atoms. The van der Waals surface area contributed by atoms with E-state index in [1.165, 1.54) is 5.56 Å². The van der Waals surface area contributed by atoms with Gasteiger partial charge in [-0.15, -0.1) is 0 Å². The van der Waals surface area contributed by atoms with Crippen molar-refractivity contribution in [1.82, 2.24) is 0 Å². The molecule has 0 amide bonds. The predicted molar refractivity (Wildman–Crippen MR) is 74.9 cm³/mol. The average molecular weight is 255 g/mol. The molecule has 3 rings (SSSR count). The van der Waals surface area contributed by atoms with Crippen molar-refractivity contribution in [3.05, 3.63) is 65.7 Å². The van der Waals surface area contributed by atoms with Crippen LogP contribution in [0, 0.1) is 0 Å². The summed E-state index contributed by atoms with van der Waals surface area (Å²) in [6.45, 7) is 2.16. The van der Waals surface area contributed by atoms with Crippen LogP contribution in [0.15, 0.2) is 54.6 Å². The third kappa shape index (κ3) is 3.13. The first kappa shape index (κ1) is 12.2. The molecule has 98 valence electrons. The van der Waals surface area contributed by atoms with Gasteiger partial charge in [-0.2, -0.15) is 0 Å². The first-order chi connectivity index (χ1) is 9.42. The Morgan fingerprint density at radius 2 is 1.74 bits per heavy atom. The molecule has 1 aliphatic rings. The van der Waals surface area contributed by atoms with Crippen LogP contribution in [0.3, 0.4) is 0 Å². The molecule has 2 aromatic rings. The molecule has 0 atom stereocenters. The molecule has 3 heteroatoms. The highest BCUT2D eigenvalue weighted by atomic mass is 16.7. The Hall–Kier alpha value is -1.84. The van der Waals surface area contributed by atoms with E-state index < -0.39 is 0 Å². The molecule has 19 heavy (non-hydrogen) atoms. The molecule has 0 saturated carbocycles. The second kappa shape index (κ2) is 5.87. The zero-order valence-corrected chi connectivity index (χ0v) is 10.7. The van der Waals surface area contributed by atoms with Gasteiger partial charge in [0.1, 0.15) is 0 Å². The Morgan fingerprint density at radius 1 is 0.947 bits per heavy atom. The van der Waals surface area contributed by atoms with Crippen LogP contribution in [0.4, 0.5) is 5.69 Å². The highest BCUT2D eigenvalue weighted by Gasteiger charge is 2.18. The summed E-state index contributed by atoms with van der Waals surface area (Å²) in [6.07, 6.45) is -0.210. The molecule has 1 heterocycles. The minimum atomic E-state index is -0.210. The standard InChI is InChI=1S/C16H17NO2/c1-2-5-13(6-3-1)12-17-15-8-4-7-14(11-15)16-18-9-10-19-16/h1-8,11,16-17H,9-10,12H2. The molecule has 0 aliphatic carbocycles. The second-order valence-electron chi connectivity index (χ2n) is 4.54. The largest absolute Gasteiger partial charge is 0.381 e. The molecule has 1 aliphatic heterocycles. The number of rotatable bonds is 4. The van der Waals surface area contributed by atoms with Crippen LogP contribution in [0.5, 0.6) is 0 Å². The van der Waals surface area contributed by atoms with Gasteiger partial charge in [-0.05, 0) is 17.7 Å². The quantitative estimate of drug-likeness (QED) is 0.908. The highest BCUT2D eigenvalue weighted by Crippen LogP contribution is 2.25. The fraction of sp³-hybridized carbons (Fsp3) is 0.250. The Labute approximate surface area is 113 Å². The van der Waals surface area contributed by atoms with Gasteiger partial charge in [-0.1, -0.05) is 42.5 Å². The van der Waals surface area contributed by atoms with Gasteiger partial charge in [0, 0.05) is 17.8 Å². The molecular formula is C16H17NO2. The third-order valence-electron chi connectivity index (χ3n) is 3.12. The molecule has 0 aromatic heterocycles. The highest BCUT2D eigenvalue weighted by molar-refractivity contribution is 5.46. The van der Waals surface area contributed by atoms with Crippen molar-refractivity contribution in [2.24, 2.45) is 0 Å². The van der Waals surface area contributed by atoms with Crippen molar-refractivity contribution < 1.29 is 9.47 Å². The predicted octanol–water partition coefficient (Wildman–Crippen LogP) is 3.34. The molecule has 3 nitrogen and oxygen atoms in total. The van der Waals surface area contributed by atoms with Crippen LogP contribution in [0.25, 0.3) is 0 Å². The first-order valence-corrected chi connectivity index (χ1v) is 6.53. The summed E-state index contributed by atoms with van der Waals surface area (Å²) in [7, 11) is 0. The number of benzene rings is 2. The lowest BCUT2D eigenvalue weighted by atomic mass is 10.1. The van der Waals surface area contributed by atoms with E-state index in [2.05, 4.69) is 29.6 Å². The maximum absolute atomic E-state index is 5.51. The summed E-state index contributed by atoms with van der Waals surface area (Å²) >= 11 is 0. The van der Waals surface area contributed by atoms with Gasteiger partial charge in [0.2, 0.25) is 0 Å². The van der Waals surface area contributed by atoms with Crippen molar-refractivity contribution in [3.63, 3.8) is 0 Å². The van der Waals surface area contributed by atoms with E-state index in [0.29, 0.717) is 13.2 Å². The van der Waals surface area contributed by atoms with E-state index in [0.717, 1.165) is 17.8 Å². The first-order valence-electron chi connectivity index (χ1n) is 6.53. The van der Waals surface area contributed by atoms with Crippen LogP contribution in [-0.4, -0.2) is 13.2 Å². The van der Waals surface area contributed by atoms with E-state index >= 15 is 0 Å². The van der Waals surface area contributed by atoms with E-state index in [1.807, 2.05) is 30.3 Å². The van der Waals surface area contributed by atoms with Gasteiger partial charge in [0.15, 0.2) is 6.29 Å². The lowest BCUT2D eigenvalue weighted by Gasteiger charge is -2.12. The SMILES string of the molecule is c1ccc(CNc2cccc(C3OCCO3)c2)cc1. The van der Waals surface area contributed by atoms with E-state index in [4.69, 9.17) is 9.47 Å². The summed E-state index contributed by atoms with van der Waals surface area (Å²) in [6, 6.07) is 18.5. The Balaban J connectivity index is 1.66. The number of anilines is 1. The minimum absolute atomic E-state index is 0.210.